The highest BCUT2D eigenvalue weighted by atomic mass is 16.9. The van der Waals surface area contributed by atoms with Gasteiger partial charge in [0.05, 0.1) is 0 Å². The summed E-state index contributed by atoms with van der Waals surface area (Å²) in [7, 11) is 0. The number of hydrogen-bond acceptors (Lipinski definition) is 8. The van der Waals surface area contributed by atoms with Gasteiger partial charge in [0.1, 0.15) is 6.10 Å². The van der Waals surface area contributed by atoms with Crippen molar-refractivity contribution < 1.29 is 38.0 Å². The van der Waals surface area contributed by atoms with E-state index in [1.807, 2.05) is 6.92 Å². The minimum absolute atomic E-state index is 0.0741. The van der Waals surface area contributed by atoms with E-state index in [4.69, 9.17) is 28.4 Å². The maximum Gasteiger partial charge on any atom is 0.333 e. The van der Waals surface area contributed by atoms with E-state index in [0.29, 0.717) is 44.8 Å². The molecule has 8 heteroatoms. The van der Waals surface area contributed by atoms with Gasteiger partial charge in [0.2, 0.25) is 0 Å². The van der Waals surface area contributed by atoms with Crippen LogP contribution < -0.4 is 0 Å². The molecular formula is C35H56O8. The van der Waals surface area contributed by atoms with Crippen molar-refractivity contribution in [1.82, 2.24) is 0 Å². The predicted octanol–water partition coefficient (Wildman–Crippen LogP) is 8.05. The lowest BCUT2D eigenvalue weighted by Crippen LogP contribution is -2.48. The third-order valence-electron chi connectivity index (χ3n) is 8.48. The van der Waals surface area contributed by atoms with E-state index in [1.54, 1.807) is 0 Å². The Balaban J connectivity index is 1.68. The molecule has 0 amide bonds. The molecule has 3 aliphatic rings. The summed E-state index contributed by atoms with van der Waals surface area (Å²) < 4.78 is 35.7. The molecule has 43 heavy (non-hydrogen) atoms. The summed E-state index contributed by atoms with van der Waals surface area (Å²) >= 11 is 0. The van der Waals surface area contributed by atoms with Crippen LogP contribution in [0.5, 0.6) is 0 Å². The number of rotatable bonds is 17. The zero-order valence-corrected chi connectivity index (χ0v) is 27.1. The van der Waals surface area contributed by atoms with Crippen LogP contribution in [-0.2, 0) is 38.0 Å². The number of hydrogen-bond donors (Lipinski definition) is 0. The lowest BCUT2D eigenvalue weighted by atomic mass is 9.90. The van der Waals surface area contributed by atoms with Gasteiger partial charge in [0, 0.05) is 39.4 Å². The Hall–Kier alpha value is -1.96. The molecule has 8 nitrogen and oxygen atoms in total. The average molecular weight is 605 g/mol. The van der Waals surface area contributed by atoms with Crippen molar-refractivity contribution in [3.63, 3.8) is 0 Å². The number of ether oxygens (including phenoxy) is 6. The fourth-order valence-corrected chi connectivity index (χ4v) is 6.20. The molecule has 0 aromatic carbocycles. The molecule has 2 heterocycles. The van der Waals surface area contributed by atoms with Crippen LogP contribution >= 0.6 is 0 Å². The summed E-state index contributed by atoms with van der Waals surface area (Å²) in [5.41, 5.74) is 4.43. The number of carbonyl (C=O) groups excluding carboxylic acids is 2. The Bertz CT molecular complexity index is 904. The van der Waals surface area contributed by atoms with E-state index >= 15 is 0 Å². The minimum Gasteiger partial charge on any atom is -0.462 e. The Morgan fingerprint density at radius 2 is 1.58 bits per heavy atom. The summed E-state index contributed by atoms with van der Waals surface area (Å²) in [6.45, 7) is 8.30. The van der Waals surface area contributed by atoms with Crippen molar-refractivity contribution >= 4 is 11.9 Å². The maximum absolute atomic E-state index is 12.3. The highest BCUT2D eigenvalue weighted by Crippen LogP contribution is 2.38. The molecule has 0 spiro atoms. The predicted molar refractivity (Wildman–Crippen MR) is 165 cm³/mol. The van der Waals surface area contributed by atoms with E-state index in [1.165, 1.54) is 39.5 Å². The summed E-state index contributed by atoms with van der Waals surface area (Å²) in [6, 6.07) is 0. The number of esters is 2. The normalized spacial score (nSPS) is 27.3. The van der Waals surface area contributed by atoms with Crippen molar-refractivity contribution in [2.45, 2.75) is 155 Å². The highest BCUT2D eigenvalue weighted by Gasteiger charge is 2.43. The van der Waals surface area contributed by atoms with Crippen molar-refractivity contribution in [2.24, 2.45) is 11.8 Å². The molecule has 244 valence electrons. The molecule has 3 fully saturated rings. The molecule has 0 aromatic rings. The largest absolute Gasteiger partial charge is 0.462 e. The van der Waals surface area contributed by atoms with Crippen LogP contribution in [-0.4, -0.2) is 49.8 Å². The first-order chi connectivity index (χ1) is 20.8. The van der Waals surface area contributed by atoms with Crippen LogP contribution in [0.25, 0.3) is 0 Å². The molecule has 0 bridgehead atoms. The Kier molecular flexibility index (Phi) is 16.1. The Morgan fingerprint density at radius 3 is 2.16 bits per heavy atom. The van der Waals surface area contributed by atoms with E-state index < -0.39 is 24.5 Å². The van der Waals surface area contributed by atoms with Crippen LogP contribution in [0.15, 0.2) is 29.5 Å². The zero-order chi connectivity index (χ0) is 30.9. The van der Waals surface area contributed by atoms with Crippen molar-refractivity contribution in [3.05, 3.63) is 29.5 Å². The fraction of sp³-hybridized carbons (Fsp3) is 0.800. The van der Waals surface area contributed by atoms with Gasteiger partial charge < -0.3 is 18.9 Å². The molecule has 2 saturated heterocycles. The molecule has 3 rings (SSSR count). The van der Waals surface area contributed by atoms with Gasteiger partial charge in [-0.3, -0.25) is 19.1 Å². The molecular weight excluding hydrogens is 548 g/mol. The molecule has 1 saturated carbocycles. The fourth-order valence-electron chi connectivity index (χ4n) is 6.20. The Labute approximate surface area is 259 Å². The maximum atomic E-state index is 12.3. The first-order valence-corrected chi connectivity index (χ1v) is 16.8. The second kappa shape index (κ2) is 19.4. The van der Waals surface area contributed by atoms with Crippen molar-refractivity contribution in [3.8, 4) is 0 Å². The second-order valence-corrected chi connectivity index (χ2v) is 12.3. The minimum atomic E-state index is -1.60. The Morgan fingerprint density at radius 1 is 0.884 bits per heavy atom. The van der Waals surface area contributed by atoms with E-state index in [2.05, 4.69) is 30.9 Å². The number of carbonyl (C=O) groups is 2. The van der Waals surface area contributed by atoms with Gasteiger partial charge in [-0.15, -0.1) is 5.73 Å². The lowest BCUT2D eigenvalue weighted by molar-refractivity contribution is -0.440. The van der Waals surface area contributed by atoms with Crippen LogP contribution in [0.2, 0.25) is 0 Å². The van der Waals surface area contributed by atoms with Crippen molar-refractivity contribution in [1.29, 1.82) is 0 Å². The molecule has 0 N–H and O–H groups in total. The van der Waals surface area contributed by atoms with Gasteiger partial charge in [-0.05, 0) is 102 Å². The third-order valence-corrected chi connectivity index (χ3v) is 8.48. The van der Waals surface area contributed by atoms with Crippen LogP contribution in [0.3, 0.4) is 0 Å². The summed E-state index contributed by atoms with van der Waals surface area (Å²) in [6.07, 6.45) is 20.6. The lowest BCUT2D eigenvalue weighted by Gasteiger charge is -2.39. The van der Waals surface area contributed by atoms with Gasteiger partial charge in [0.25, 0.3) is 0 Å². The summed E-state index contributed by atoms with van der Waals surface area (Å²) in [5, 5.41) is 0. The van der Waals surface area contributed by atoms with Gasteiger partial charge in [-0.25, -0.2) is 0 Å². The van der Waals surface area contributed by atoms with Crippen LogP contribution in [0.4, 0.5) is 0 Å². The van der Waals surface area contributed by atoms with E-state index in [9.17, 15) is 9.59 Å². The number of unbranched alkanes of at least 4 members (excludes halogenated alkanes) is 4. The molecule has 5 atom stereocenters. The highest BCUT2D eigenvalue weighted by molar-refractivity contribution is 5.66. The standard InChI is InChI=1S/C35H56O8/c1-5-6-7-8-9-10-17-30-21-22-32(40-28(3)36)31(30)18-15-16-27(2)23-24-35(41-29(4)37,42-33-19-11-13-25-38-33)43-34-20-12-14-26-39-34/h10,15,17,30-34H,5-9,11-14,18-26H2,1-4H3/t16?,30-,31+,32-,33?,34?,35?/m0/s1. The topological polar surface area (TPSA) is 89.5 Å². The van der Waals surface area contributed by atoms with E-state index in [0.717, 1.165) is 56.9 Å². The third kappa shape index (κ3) is 13.3. The van der Waals surface area contributed by atoms with Gasteiger partial charge in [-0.2, -0.15) is 0 Å². The number of allylic oxidation sites excluding steroid dienone is 3. The smallest absolute Gasteiger partial charge is 0.333 e. The zero-order valence-electron chi connectivity index (χ0n) is 27.1. The SMILES string of the molecule is CCCCCCC=C[C@H]1CC[C@H](OC(C)=O)[C@@H]1CC=C=C(C)CCC(OC(C)=O)(OC1CCCCO1)OC1CCCCO1. The average Bonchev–Trinajstić information content (AvgIpc) is 3.34. The first kappa shape index (κ1) is 35.5. The molecule has 0 aromatic heterocycles. The van der Waals surface area contributed by atoms with Crippen LogP contribution in [0, 0.1) is 11.8 Å². The van der Waals surface area contributed by atoms with Crippen LogP contribution in [0.1, 0.15) is 130 Å². The van der Waals surface area contributed by atoms with Gasteiger partial charge in [-0.1, -0.05) is 38.3 Å². The quantitative estimate of drug-likeness (QED) is 0.0542. The van der Waals surface area contributed by atoms with Gasteiger partial charge >= 0.3 is 17.9 Å². The molecule has 2 aliphatic heterocycles. The molecule has 1 aliphatic carbocycles. The molecule has 0 radical (unpaired) electrons. The first-order valence-electron chi connectivity index (χ1n) is 16.8. The van der Waals surface area contributed by atoms with E-state index in [-0.39, 0.29) is 18.0 Å². The second-order valence-electron chi connectivity index (χ2n) is 12.3. The molecule has 2 unspecified atom stereocenters. The summed E-state index contributed by atoms with van der Waals surface area (Å²) in [4.78, 5) is 24.0. The monoisotopic (exact) mass is 604 g/mol. The van der Waals surface area contributed by atoms with Crippen molar-refractivity contribution in [2.75, 3.05) is 13.2 Å². The van der Waals surface area contributed by atoms with Gasteiger partial charge in [0.15, 0.2) is 12.6 Å². The summed E-state index contributed by atoms with van der Waals surface area (Å²) in [5.74, 6) is -1.68.